The molecule has 0 amide bonds. The zero-order chi connectivity index (χ0) is 10.7. The van der Waals surface area contributed by atoms with Gasteiger partial charge < -0.3 is 4.74 Å². The third-order valence-corrected chi connectivity index (χ3v) is 3.31. The molecule has 0 spiro atoms. The monoisotopic (exact) mass is 287 g/mol. The molecule has 2 aromatic heterocycles. The number of ether oxygens (including phenoxy) is 1. The van der Waals surface area contributed by atoms with Crippen molar-refractivity contribution < 1.29 is 9.13 Å². The van der Waals surface area contributed by atoms with Crippen LogP contribution in [-0.4, -0.2) is 4.98 Å². The second-order valence-corrected chi connectivity index (χ2v) is 5.36. The molecular weight excluding hydrogens is 281 g/mol. The van der Waals surface area contributed by atoms with Gasteiger partial charge in [0.2, 0.25) is 5.95 Å². The van der Waals surface area contributed by atoms with Crippen LogP contribution in [-0.2, 0) is 6.61 Å². The summed E-state index contributed by atoms with van der Waals surface area (Å²) in [6.45, 7) is 0.476. The van der Waals surface area contributed by atoms with Crippen molar-refractivity contribution in [2.75, 3.05) is 0 Å². The van der Waals surface area contributed by atoms with Crippen LogP contribution in [0.4, 0.5) is 4.39 Å². The quantitative estimate of drug-likeness (QED) is 0.805. The number of pyridine rings is 1. The average Bonchev–Trinajstić information content (AvgIpc) is 2.64. The van der Waals surface area contributed by atoms with Crippen LogP contribution < -0.4 is 4.74 Å². The van der Waals surface area contributed by atoms with Crippen molar-refractivity contribution in [2.45, 2.75) is 6.61 Å². The molecule has 2 nitrogen and oxygen atoms in total. The van der Waals surface area contributed by atoms with Crippen LogP contribution in [0, 0.1) is 5.95 Å². The molecule has 2 heterocycles. The van der Waals surface area contributed by atoms with Crippen LogP contribution in [0.5, 0.6) is 5.75 Å². The molecule has 0 aliphatic rings. The molecular formula is C10H7BrFNOS. The number of thiophene rings is 1. The smallest absolute Gasteiger partial charge is 0.213 e. The minimum atomic E-state index is -0.499. The molecule has 0 saturated carbocycles. The zero-order valence-corrected chi connectivity index (χ0v) is 10.0. The highest BCUT2D eigenvalue weighted by Gasteiger charge is 1.99. The van der Waals surface area contributed by atoms with Crippen LogP contribution in [0.1, 0.15) is 4.88 Å². The fourth-order valence-electron chi connectivity index (χ4n) is 1.03. The van der Waals surface area contributed by atoms with Crippen molar-refractivity contribution in [1.82, 2.24) is 4.98 Å². The summed E-state index contributed by atoms with van der Waals surface area (Å²) in [4.78, 5) is 4.60. The van der Waals surface area contributed by atoms with E-state index >= 15 is 0 Å². The Kier molecular flexibility index (Phi) is 3.33. The first-order valence-corrected chi connectivity index (χ1v) is 5.83. The lowest BCUT2D eigenvalue weighted by Crippen LogP contribution is -1.93. The van der Waals surface area contributed by atoms with Crippen molar-refractivity contribution in [1.29, 1.82) is 0 Å². The topological polar surface area (TPSA) is 22.1 Å². The van der Waals surface area contributed by atoms with Crippen LogP contribution in [0.2, 0.25) is 0 Å². The van der Waals surface area contributed by atoms with E-state index < -0.39 is 5.95 Å². The van der Waals surface area contributed by atoms with Gasteiger partial charge in [-0.15, -0.1) is 11.3 Å². The number of hydrogen-bond donors (Lipinski definition) is 0. The molecule has 0 bridgehead atoms. The number of hydrogen-bond acceptors (Lipinski definition) is 3. The molecule has 0 aliphatic heterocycles. The molecule has 0 fully saturated rings. The minimum Gasteiger partial charge on any atom is -0.486 e. The van der Waals surface area contributed by atoms with E-state index in [1.54, 1.807) is 17.4 Å². The molecule has 0 N–H and O–H groups in total. The summed E-state index contributed by atoms with van der Waals surface area (Å²) in [5.41, 5.74) is 0. The van der Waals surface area contributed by atoms with E-state index in [9.17, 15) is 4.39 Å². The average molecular weight is 288 g/mol. The fourth-order valence-corrected chi connectivity index (χ4v) is 2.43. The number of halogens is 2. The first kappa shape index (κ1) is 10.6. The third kappa shape index (κ3) is 3.00. The Morgan fingerprint density at radius 3 is 2.80 bits per heavy atom. The third-order valence-electron chi connectivity index (χ3n) is 1.71. The van der Waals surface area contributed by atoms with E-state index in [0.29, 0.717) is 12.4 Å². The Hall–Kier alpha value is -0.940. The maximum Gasteiger partial charge on any atom is 0.213 e. The van der Waals surface area contributed by atoms with Crippen molar-refractivity contribution in [3.63, 3.8) is 0 Å². The van der Waals surface area contributed by atoms with E-state index in [1.165, 1.54) is 12.3 Å². The molecule has 2 aromatic rings. The Balaban J connectivity index is 1.96. The summed E-state index contributed by atoms with van der Waals surface area (Å²) < 4.78 is 19.0. The predicted molar refractivity (Wildman–Crippen MR) is 60.5 cm³/mol. The van der Waals surface area contributed by atoms with Gasteiger partial charge in [0.15, 0.2) is 0 Å². The van der Waals surface area contributed by atoms with Crippen molar-refractivity contribution >= 4 is 27.3 Å². The summed E-state index contributed by atoms with van der Waals surface area (Å²) in [7, 11) is 0. The predicted octanol–water partition coefficient (Wildman–Crippen LogP) is 3.62. The highest BCUT2D eigenvalue weighted by Crippen LogP contribution is 2.23. The molecule has 2 rings (SSSR count). The van der Waals surface area contributed by atoms with Gasteiger partial charge in [0.05, 0.1) is 9.98 Å². The van der Waals surface area contributed by atoms with Gasteiger partial charge >= 0.3 is 0 Å². The maximum absolute atomic E-state index is 12.5. The second-order valence-electron chi connectivity index (χ2n) is 2.81. The van der Waals surface area contributed by atoms with E-state index in [4.69, 9.17) is 4.74 Å². The van der Waals surface area contributed by atoms with Crippen LogP contribution in [0.3, 0.4) is 0 Å². The highest BCUT2D eigenvalue weighted by molar-refractivity contribution is 9.11. The summed E-state index contributed by atoms with van der Waals surface area (Å²) >= 11 is 4.98. The van der Waals surface area contributed by atoms with E-state index in [2.05, 4.69) is 20.9 Å². The first-order valence-electron chi connectivity index (χ1n) is 4.22. The molecule has 0 atom stereocenters. The highest BCUT2D eigenvalue weighted by atomic mass is 79.9. The molecule has 0 aromatic carbocycles. The van der Waals surface area contributed by atoms with Gasteiger partial charge in [-0.3, -0.25) is 0 Å². The maximum atomic E-state index is 12.5. The van der Waals surface area contributed by atoms with Gasteiger partial charge in [-0.1, -0.05) is 0 Å². The SMILES string of the molecule is Fc1ccc(OCc2ccc(Br)s2)cn1. The molecule has 5 heteroatoms. The summed E-state index contributed by atoms with van der Waals surface area (Å²) in [5, 5.41) is 0. The number of aromatic nitrogens is 1. The van der Waals surface area contributed by atoms with Crippen LogP contribution in [0.25, 0.3) is 0 Å². The summed E-state index contributed by atoms with van der Waals surface area (Å²) in [6, 6.07) is 6.78. The first-order chi connectivity index (χ1) is 7.24. The van der Waals surface area contributed by atoms with E-state index in [1.807, 2.05) is 12.1 Å². The normalized spacial score (nSPS) is 10.3. The zero-order valence-electron chi connectivity index (χ0n) is 7.61. The van der Waals surface area contributed by atoms with Crippen LogP contribution in [0.15, 0.2) is 34.2 Å². The lowest BCUT2D eigenvalue weighted by Gasteiger charge is -2.02. The number of nitrogens with zero attached hydrogens (tertiary/aromatic N) is 1. The van der Waals surface area contributed by atoms with E-state index in [0.717, 1.165) is 8.66 Å². The van der Waals surface area contributed by atoms with Gasteiger partial charge in [0.1, 0.15) is 12.4 Å². The lowest BCUT2D eigenvalue weighted by molar-refractivity contribution is 0.307. The summed E-state index contributed by atoms with van der Waals surface area (Å²) in [5.74, 6) is 0.0714. The lowest BCUT2D eigenvalue weighted by atomic mass is 10.4. The fraction of sp³-hybridized carbons (Fsp3) is 0.100. The second kappa shape index (κ2) is 4.72. The van der Waals surface area contributed by atoms with Crippen LogP contribution >= 0.6 is 27.3 Å². The van der Waals surface area contributed by atoms with Crippen molar-refractivity contribution in [3.8, 4) is 5.75 Å². The largest absolute Gasteiger partial charge is 0.486 e. The van der Waals surface area contributed by atoms with E-state index in [-0.39, 0.29) is 0 Å². The van der Waals surface area contributed by atoms with Gasteiger partial charge in [-0.2, -0.15) is 4.39 Å². The summed E-state index contributed by atoms with van der Waals surface area (Å²) in [6.07, 6.45) is 1.37. The van der Waals surface area contributed by atoms with Gasteiger partial charge in [-0.05, 0) is 40.2 Å². The Bertz CT molecular complexity index is 443. The molecule has 0 unspecified atom stereocenters. The van der Waals surface area contributed by atoms with Gasteiger partial charge in [0.25, 0.3) is 0 Å². The van der Waals surface area contributed by atoms with Gasteiger partial charge in [0, 0.05) is 4.88 Å². The Morgan fingerprint density at radius 2 is 2.20 bits per heavy atom. The number of rotatable bonds is 3. The molecule has 0 radical (unpaired) electrons. The van der Waals surface area contributed by atoms with Crippen molar-refractivity contribution in [3.05, 3.63) is 45.1 Å². The Labute approximate surface area is 98.9 Å². The van der Waals surface area contributed by atoms with Crippen molar-refractivity contribution in [2.24, 2.45) is 0 Å². The Morgan fingerprint density at radius 1 is 1.33 bits per heavy atom. The molecule has 0 aliphatic carbocycles. The molecule has 15 heavy (non-hydrogen) atoms. The minimum absolute atomic E-state index is 0.476. The molecule has 78 valence electrons. The van der Waals surface area contributed by atoms with Gasteiger partial charge in [-0.25, -0.2) is 4.98 Å². The molecule has 0 saturated heterocycles. The standard InChI is InChI=1S/C10H7BrFNOS/c11-9-3-2-8(15-9)6-14-7-1-4-10(12)13-5-7/h1-5H,6H2.